The molecule has 0 N–H and O–H groups in total. The summed E-state index contributed by atoms with van der Waals surface area (Å²) in [4.78, 5) is 2.00. The Labute approximate surface area is 112 Å². The largest absolute Gasteiger partial charge is 0.341 e. The highest BCUT2D eigenvalue weighted by Crippen LogP contribution is 2.29. The minimum absolute atomic E-state index is 0.350. The molecule has 0 fully saturated rings. The minimum Gasteiger partial charge on any atom is -0.341 e. The van der Waals surface area contributed by atoms with E-state index in [-0.39, 0.29) is 5.82 Å². The molecule has 2 aromatic carbocycles. The van der Waals surface area contributed by atoms with E-state index in [1.165, 1.54) is 12.1 Å². The Kier molecular flexibility index (Phi) is 3.82. The first-order valence-electron chi connectivity index (χ1n) is 6.19. The Morgan fingerprint density at radius 1 is 1.21 bits per heavy atom. The summed E-state index contributed by atoms with van der Waals surface area (Å²) >= 11 is 0. The van der Waals surface area contributed by atoms with Crippen LogP contribution in [0.3, 0.4) is 0 Å². The second kappa shape index (κ2) is 5.53. The molecular formula is C16H15FN2. The van der Waals surface area contributed by atoms with Gasteiger partial charge in [-0.1, -0.05) is 12.1 Å². The molecule has 2 aromatic rings. The van der Waals surface area contributed by atoms with Gasteiger partial charge in [0.25, 0.3) is 0 Å². The van der Waals surface area contributed by atoms with E-state index >= 15 is 0 Å². The van der Waals surface area contributed by atoms with Crippen molar-refractivity contribution in [2.45, 2.75) is 13.8 Å². The van der Waals surface area contributed by atoms with Crippen LogP contribution in [0.5, 0.6) is 0 Å². The van der Waals surface area contributed by atoms with Gasteiger partial charge < -0.3 is 4.90 Å². The van der Waals surface area contributed by atoms with Crippen LogP contribution < -0.4 is 4.90 Å². The van der Waals surface area contributed by atoms with Crippen molar-refractivity contribution in [1.29, 1.82) is 5.26 Å². The summed E-state index contributed by atoms with van der Waals surface area (Å²) in [5.41, 5.74) is 3.24. The van der Waals surface area contributed by atoms with Crippen LogP contribution in [-0.4, -0.2) is 6.54 Å². The molecule has 0 heterocycles. The monoisotopic (exact) mass is 254 g/mol. The summed E-state index contributed by atoms with van der Waals surface area (Å²) in [6, 6.07) is 14.4. The van der Waals surface area contributed by atoms with E-state index in [1.807, 2.05) is 43.0 Å². The maximum absolute atomic E-state index is 13.2. The van der Waals surface area contributed by atoms with E-state index in [0.717, 1.165) is 16.9 Å². The minimum atomic E-state index is -0.388. The molecule has 96 valence electrons. The van der Waals surface area contributed by atoms with Crippen molar-refractivity contribution in [2.24, 2.45) is 0 Å². The molecule has 2 rings (SSSR count). The zero-order valence-electron chi connectivity index (χ0n) is 11.0. The molecule has 0 aliphatic carbocycles. The van der Waals surface area contributed by atoms with Gasteiger partial charge in [0.05, 0.1) is 11.3 Å². The van der Waals surface area contributed by atoms with Crippen molar-refractivity contribution in [3.05, 3.63) is 59.4 Å². The molecule has 19 heavy (non-hydrogen) atoms. The van der Waals surface area contributed by atoms with Crippen LogP contribution in [0.15, 0.2) is 42.5 Å². The first-order valence-corrected chi connectivity index (χ1v) is 6.19. The fraction of sp³-hybridized carbons (Fsp3) is 0.188. The van der Waals surface area contributed by atoms with Gasteiger partial charge in [0.15, 0.2) is 0 Å². The number of benzene rings is 2. The molecule has 0 amide bonds. The van der Waals surface area contributed by atoms with Crippen molar-refractivity contribution in [2.75, 3.05) is 11.4 Å². The number of nitriles is 1. The number of anilines is 2. The quantitative estimate of drug-likeness (QED) is 0.822. The van der Waals surface area contributed by atoms with Gasteiger partial charge in [-0.3, -0.25) is 0 Å². The van der Waals surface area contributed by atoms with E-state index in [4.69, 9.17) is 5.26 Å². The van der Waals surface area contributed by atoms with Crippen LogP contribution in [0.1, 0.15) is 18.1 Å². The Hall–Kier alpha value is -2.34. The number of aryl methyl sites for hydroxylation is 1. The third-order valence-corrected chi connectivity index (χ3v) is 3.00. The van der Waals surface area contributed by atoms with Gasteiger partial charge in [-0.15, -0.1) is 0 Å². The van der Waals surface area contributed by atoms with E-state index in [1.54, 1.807) is 6.07 Å². The molecule has 0 radical (unpaired) electrons. The Morgan fingerprint density at radius 2 is 2.00 bits per heavy atom. The highest BCUT2D eigenvalue weighted by molar-refractivity contribution is 5.69. The zero-order chi connectivity index (χ0) is 13.8. The number of nitrogens with zero attached hydrogens (tertiary/aromatic N) is 2. The molecule has 0 aromatic heterocycles. The molecule has 0 aliphatic heterocycles. The maximum Gasteiger partial charge on any atom is 0.124 e. The van der Waals surface area contributed by atoms with Crippen LogP contribution in [0, 0.1) is 24.1 Å². The predicted octanol–water partition coefficient (Wildman–Crippen LogP) is 4.16. The van der Waals surface area contributed by atoms with Gasteiger partial charge in [-0.05, 0) is 49.7 Å². The Bertz CT molecular complexity index is 629. The summed E-state index contributed by atoms with van der Waals surface area (Å²) in [6.45, 7) is 4.74. The molecule has 0 atom stereocenters. The van der Waals surface area contributed by atoms with Crippen LogP contribution >= 0.6 is 0 Å². The molecule has 2 nitrogen and oxygen atoms in total. The third kappa shape index (κ3) is 2.74. The normalized spacial score (nSPS) is 10.0. The third-order valence-electron chi connectivity index (χ3n) is 3.00. The fourth-order valence-electron chi connectivity index (χ4n) is 2.12. The lowest BCUT2D eigenvalue weighted by atomic mass is 10.1. The molecule has 0 aliphatic rings. The molecule has 0 saturated carbocycles. The molecule has 0 spiro atoms. The number of rotatable bonds is 3. The lowest BCUT2D eigenvalue weighted by Crippen LogP contribution is -2.17. The topological polar surface area (TPSA) is 27.0 Å². The van der Waals surface area contributed by atoms with E-state index in [9.17, 15) is 4.39 Å². The van der Waals surface area contributed by atoms with Gasteiger partial charge in [0, 0.05) is 12.2 Å². The fourth-order valence-corrected chi connectivity index (χ4v) is 2.12. The summed E-state index contributed by atoms with van der Waals surface area (Å²) in [5, 5.41) is 9.15. The average molecular weight is 254 g/mol. The van der Waals surface area contributed by atoms with Crippen molar-refractivity contribution >= 4 is 11.4 Å². The number of hydrogen-bond acceptors (Lipinski definition) is 2. The second-order valence-electron chi connectivity index (χ2n) is 4.36. The number of halogens is 1. The second-order valence-corrected chi connectivity index (χ2v) is 4.36. The maximum atomic E-state index is 13.2. The molecular weight excluding hydrogens is 239 g/mol. The van der Waals surface area contributed by atoms with Gasteiger partial charge in [0.1, 0.15) is 11.9 Å². The molecule has 0 saturated heterocycles. The highest BCUT2D eigenvalue weighted by atomic mass is 19.1. The van der Waals surface area contributed by atoms with Gasteiger partial charge in [-0.25, -0.2) is 4.39 Å². The van der Waals surface area contributed by atoms with E-state index < -0.39 is 0 Å². The Morgan fingerprint density at radius 3 is 2.63 bits per heavy atom. The predicted molar refractivity (Wildman–Crippen MR) is 75.0 cm³/mol. The average Bonchev–Trinajstić information content (AvgIpc) is 2.41. The van der Waals surface area contributed by atoms with Crippen LogP contribution in [0.4, 0.5) is 15.8 Å². The SMILES string of the molecule is CCN(c1cccc(C)c1)c1ccc(F)cc1C#N. The van der Waals surface area contributed by atoms with Crippen LogP contribution in [0.2, 0.25) is 0 Å². The molecule has 0 unspecified atom stereocenters. The van der Waals surface area contributed by atoms with E-state index in [2.05, 4.69) is 6.07 Å². The van der Waals surface area contributed by atoms with E-state index in [0.29, 0.717) is 12.1 Å². The smallest absolute Gasteiger partial charge is 0.124 e. The highest BCUT2D eigenvalue weighted by Gasteiger charge is 2.12. The summed E-state index contributed by atoms with van der Waals surface area (Å²) in [5.74, 6) is -0.388. The number of hydrogen-bond donors (Lipinski definition) is 0. The first kappa shape index (κ1) is 13.1. The molecule has 3 heteroatoms. The molecule has 0 bridgehead atoms. The van der Waals surface area contributed by atoms with Crippen molar-refractivity contribution < 1.29 is 4.39 Å². The van der Waals surface area contributed by atoms with Gasteiger partial charge >= 0.3 is 0 Å². The van der Waals surface area contributed by atoms with Crippen molar-refractivity contribution in [3.8, 4) is 6.07 Å². The first-order chi connectivity index (χ1) is 9.15. The Balaban J connectivity index is 2.52. The van der Waals surface area contributed by atoms with Crippen molar-refractivity contribution in [3.63, 3.8) is 0 Å². The summed E-state index contributed by atoms with van der Waals surface area (Å²) in [7, 11) is 0. The standard InChI is InChI=1S/C16H15FN2/c1-3-19(15-6-4-5-12(2)9-15)16-8-7-14(17)10-13(16)11-18/h4-10H,3H2,1-2H3. The van der Waals surface area contributed by atoms with Gasteiger partial charge in [0.2, 0.25) is 0 Å². The zero-order valence-corrected chi connectivity index (χ0v) is 11.0. The van der Waals surface area contributed by atoms with Crippen LogP contribution in [0.25, 0.3) is 0 Å². The van der Waals surface area contributed by atoms with Gasteiger partial charge in [-0.2, -0.15) is 5.26 Å². The summed E-state index contributed by atoms with van der Waals surface area (Å²) < 4.78 is 13.2. The van der Waals surface area contributed by atoms with Crippen LogP contribution in [-0.2, 0) is 0 Å². The lowest BCUT2D eigenvalue weighted by molar-refractivity contribution is 0.627. The summed E-state index contributed by atoms with van der Waals surface area (Å²) in [6.07, 6.45) is 0. The van der Waals surface area contributed by atoms with Crippen molar-refractivity contribution in [1.82, 2.24) is 0 Å². The lowest BCUT2D eigenvalue weighted by Gasteiger charge is -2.24.